The fourth-order valence-electron chi connectivity index (χ4n) is 5.48. The molecule has 6 nitrogen and oxygen atoms in total. The van der Waals surface area contributed by atoms with Crippen molar-refractivity contribution in [1.82, 2.24) is 25.1 Å². The van der Waals surface area contributed by atoms with E-state index < -0.39 is 0 Å². The van der Waals surface area contributed by atoms with Gasteiger partial charge in [0, 0.05) is 39.8 Å². The Balaban J connectivity index is 1.36. The Hall–Kier alpha value is -4.78. The molecule has 0 radical (unpaired) electrons. The first kappa shape index (κ1) is 25.5. The molecule has 0 amide bonds. The van der Waals surface area contributed by atoms with Crippen LogP contribution in [-0.2, 0) is 0 Å². The Morgan fingerprint density at radius 1 is 1.02 bits per heavy atom. The van der Waals surface area contributed by atoms with Gasteiger partial charge in [-0.15, -0.1) is 0 Å². The molecule has 1 aliphatic rings. The summed E-state index contributed by atoms with van der Waals surface area (Å²) in [6, 6.07) is 10.6. The molecule has 40 heavy (non-hydrogen) atoms. The number of anilines is 1. The van der Waals surface area contributed by atoms with Crippen molar-refractivity contribution in [1.29, 1.82) is 0 Å². The summed E-state index contributed by atoms with van der Waals surface area (Å²) < 4.78 is 13.5. The number of fused-ring (bicyclic) bond motifs is 1. The number of nitrogens with zero attached hydrogens (tertiary/aromatic N) is 3. The highest BCUT2D eigenvalue weighted by molar-refractivity contribution is 5.97. The van der Waals surface area contributed by atoms with E-state index in [9.17, 15) is 4.39 Å². The summed E-state index contributed by atoms with van der Waals surface area (Å²) in [5, 5.41) is 14.1. The van der Waals surface area contributed by atoms with Gasteiger partial charge in [-0.25, -0.2) is 4.39 Å². The summed E-state index contributed by atoms with van der Waals surface area (Å²) in [7, 11) is 0. The molecule has 4 heterocycles. The molecule has 1 saturated carbocycles. The standard InChI is InChI=1S/C33H31FN6/c1-4-30-28(13-20(2)24-14-26(17-35-16-24)37-21(3)22-7-5-6-8-22)33(40-39-30)31-15-27-29(18-36-19-32(27)38-31)23-9-11-25(34)12-10-23/h4,9-19,22,37-39H,2-3,5-8H2,1H3/b28-13+,30-4+. The highest BCUT2D eigenvalue weighted by atomic mass is 19.1. The minimum atomic E-state index is -0.269. The van der Waals surface area contributed by atoms with E-state index in [0.29, 0.717) is 5.92 Å². The average Bonchev–Trinajstić information content (AvgIpc) is 3.73. The number of halogens is 1. The Bertz CT molecular complexity index is 1840. The van der Waals surface area contributed by atoms with Crippen molar-refractivity contribution in [2.45, 2.75) is 32.6 Å². The van der Waals surface area contributed by atoms with Gasteiger partial charge in [0.15, 0.2) is 0 Å². The van der Waals surface area contributed by atoms with Gasteiger partial charge in [-0.05, 0) is 67.2 Å². The van der Waals surface area contributed by atoms with Gasteiger partial charge in [0.1, 0.15) is 11.5 Å². The quantitative estimate of drug-likeness (QED) is 0.222. The summed E-state index contributed by atoms with van der Waals surface area (Å²) in [5.41, 5.74) is 8.00. The highest BCUT2D eigenvalue weighted by Crippen LogP contribution is 2.32. The van der Waals surface area contributed by atoms with Crippen molar-refractivity contribution >= 4 is 34.3 Å². The number of nitrogens with one attached hydrogen (secondary N) is 3. The van der Waals surface area contributed by atoms with Crippen molar-refractivity contribution in [2.75, 3.05) is 5.32 Å². The molecule has 1 aliphatic carbocycles. The lowest BCUT2D eigenvalue weighted by molar-refractivity contribution is 0.628. The Kier molecular flexibility index (Phi) is 6.86. The minimum Gasteiger partial charge on any atom is -0.358 e. The van der Waals surface area contributed by atoms with Crippen LogP contribution >= 0.6 is 0 Å². The fraction of sp³-hybridized carbons (Fsp3) is 0.182. The van der Waals surface area contributed by atoms with Gasteiger partial charge in [0.05, 0.1) is 34.6 Å². The van der Waals surface area contributed by atoms with Gasteiger partial charge in [-0.3, -0.25) is 15.1 Å². The molecular formula is C33H31FN6. The first-order valence-electron chi connectivity index (χ1n) is 13.6. The maximum atomic E-state index is 13.5. The second kappa shape index (κ2) is 10.8. The zero-order valence-electron chi connectivity index (χ0n) is 22.5. The van der Waals surface area contributed by atoms with Crippen LogP contribution in [0.3, 0.4) is 0 Å². The molecule has 1 aromatic carbocycles. The molecule has 0 saturated heterocycles. The number of H-pyrrole nitrogens is 2. The van der Waals surface area contributed by atoms with Crippen LogP contribution in [0.2, 0.25) is 0 Å². The van der Waals surface area contributed by atoms with Crippen LogP contribution in [0.25, 0.3) is 51.1 Å². The highest BCUT2D eigenvalue weighted by Gasteiger charge is 2.18. The van der Waals surface area contributed by atoms with Gasteiger partial charge >= 0.3 is 0 Å². The lowest BCUT2D eigenvalue weighted by Crippen LogP contribution is -2.23. The molecule has 3 N–H and O–H groups in total. The number of hydrogen-bond donors (Lipinski definition) is 3. The van der Waals surface area contributed by atoms with Crippen LogP contribution in [-0.4, -0.2) is 25.1 Å². The predicted octanol–water partition coefficient (Wildman–Crippen LogP) is 6.56. The van der Waals surface area contributed by atoms with Crippen molar-refractivity contribution < 1.29 is 4.39 Å². The van der Waals surface area contributed by atoms with Crippen LogP contribution in [0.5, 0.6) is 0 Å². The normalized spacial score (nSPS) is 14.8. The summed E-state index contributed by atoms with van der Waals surface area (Å²) in [4.78, 5) is 12.3. The molecule has 1 fully saturated rings. The topological polar surface area (TPSA) is 82.3 Å². The van der Waals surface area contributed by atoms with Crippen LogP contribution < -0.4 is 15.9 Å². The number of aromatic nitrogens is 5. The minimum absolute atomic E-state index is 0.269. The van der Waals surface area contributed by atoms with Crippen molar-refractivity contribution in [3.05, 3.63) is 102 Å². The predicted molar refractivity (Wildman–Crippen MR) is 161 cm³/mol. The first-order chi connectivity index (χ1) is 19.5. The molecule has 0 aliphatic heterocycles. The third-order valence-corrected chi connectivity index (χ3v) is 7.66. The van der Waals surface area contributed by atoms with Crippen molar-refractivity contribution in [3.63, 3.8) is 0 Å². The smallest absolute Gasteiger partial charge is 0.123 e. The summed E-state index contributed by atoms with van der Waals surface area (Å²) in [6.45, 7) is 10.6. The van der Waals surface area contributed by atoms with Crippen LogP contribution in [0.1, 0.15) is 38.2 Å². The van der Waals surface area contributed by atoms with Gasteiger partial charge < -0.3 is 10.3 Å². The molecule has 0 atom stereocenters. The number of hydrogen-bond acceptors (Lipinski definition) is 4. The third-order valence-electron chi connectivity index (χ3n) is 7.66. The largest absolute Gasteiger partial charge is 0.358 e. The lowest BCUT2D eigenvalue weighted by atomic mass is 10.0. The zero-order chi connectivity index (χ0) is 27.6. The Labute approximate surface area is 232 Å². The zero-order valence-corrected chi connectivity index (χ0v) is 22.5. The molecule has 0 bridgehead atoms. The van der Waals surface area contributed by atoms with E-state index in [4.69, 9.17) is 0 Å². The van der Waals surface area contributed by atoms with Crippen LogP contribution in [0.15, 0.2) is 80.0 Å². The van der Waals surface area contributed by atoms with Crippen LogP contribution in [0, 0.1) is 11.7 Å². The van der Waals surface area contributed by atoms with Crippen molar-refractivity contribution in [2.24, 2.45) is 5.92 Å². The van der Waals surface area contributed by atoms with Gasteiger partial charge in [-0.2, -0.15) is 5.10 Å². The SMILES string of the molecule is C=C(/C=c1/c(-c2cc3c(-c4ccc(F)cc4)cncc3[nH]2)n[nH]/c1=C/C)c1cncc(NC(=C)C2CCCC2)c1. The summed E-state index contributed by atoms with van der Waals surface area (Å²) in [5.74, 6) is 0.249. The summed E-state index contributed by atoms with van der Waals surface area (Å²) in [6.07, 6.45) is 16.2. The molecule has 5 aromatic rings. The van der Waals surface area contributed by atoms with E-state index in [-0.39, 0.29) is 5.82 Å². The molecule has 6 rings (SSSR count). The average molecular weight is 531 g/mol. The summed E-state index contributed by atoms with van der Waals surface area (Å²) >= 11 is 0. The van der Waals surface area contributed by atoms with E-state index in [1.54, 1.807) is 24.5 Å². The Morgan fingerprint density at radius 2 is 1.80 bits per heavy atom. The molecule has 4 aromatic heterocycles. The number of allylic oxidation sites excluding steroid dienone is 2. The molecule has 7 heteroatoms. The number of aromatic amines is 2. The molecular weight excluding hydrogens is 499 g/mol. The van der Waals surface area contributed by atoms with E-state index in [1.807, 2.05) is 31.5 Å². The second-order valence-electron chi connectivity index (χ2n) is 10.3. The van der Waals surface area contributed by atoms with Crippen molar-refractivity contribution in [3.8, 4) is 22.5 Å². The Morgan fingerprint density at radius 3 is 2.58 bits per heavy atom. The van der Waals surface area contributed by atoms with E-state index in [2.05, 4.69) is 55.8 Å². The first-order valence-corrected chi connectivity index (χ1v) is 13.6. The number of pyridine rings is 2. The van der Waals surface area contributed by atoms with Gasteiger partial charge in [0.25, 0.3) is 0 Å². The monoisotopic (exact) mass is 530 g/mol. The molecule has 200 valence electrons. The number of benzene rings is 1. The molecule has 0 spiro atoms. The third kappa shape index (κ3) is 4.98. The van der Waals surface area contributed by atoms with Crippen LogP contribution in [0.4, 0.5) is 10.1 Å². The fourth-order valence-corrected chi connectivity index (χ4v) is 5.48. The van der Waals surface area contributed by atoms with E-state index in [1.165, 1.54) is 37.8 Å². The van der Waals surface area contributed by atoms with Gasteiger partial charge in [-0.1, -0.05) is 44.2 Å². The molecule has 0 unspecified atom stereocenters. The maximum absolute atomic E-state index is 13.5. The second-order valence-corrected chi connectivity index (χ2v) is 10.3. The van der Waals surface area contributed by atoms with E-state index in [0.717, 1.165) is 66.5 Å². The number of rotatable bonds is 7. The van der Waals surface area contributed by atoms with E-state index >= 15 is 0 Å². The lowest BCUT2D eigenvalue weighted by Gasteiger charge is -2.16. The van der Waals surface area contributed by atoms with Gasteiger partial charge in [0.2, 0.25) is 0 Å². The maximum Gasteiger partial charge on any atom is 0.123 e.